The van der Waals surface area contributed by atoms with Crippen LogP contribution in [0.2, 0.25) is 0 Å². The molecule has 1 unspecified atom stereocenters. The number of rotatable bonds is 6. The molecule has 0 saturated carbocycles. The molecule has 2 aromatic carbocycles. The third-order valence-corrected chi connectivity index (χ3v) is 5.28. The molecule has 0 amide bonds. The zero-order valence-corrected chi connectivity index (χ0v) is 13.1. The van der Waals surface area contributed by atoms with Crippen molar-refractivity contribution < 1.29 is 12.6 Å². The quantitative estimate of drug-likeness (QED) is 0.468. The van der Waals surface area contributed by atoms with Gasteiger partial charge in [-0.25, -0.2) is 0 Å². The van der Waals surface area contributed by atoms with Gasteiger partial charge >= 0.3 is 0 Å². The molecular weight excluding hydrogens is 291 g/mol. The highest BCUT2D eigenvalue weighted by Gasteiger charge is 2.14. The van der Waals surface area contributed by atoms with E-state index in [0.29, 0.717) is 14.7 Å². The zero-order valence-electron chi connectivity index (χ0n) is 11.2. The topological polar surface area (TPSA) is 43.4 Å². The van der Waals surface area contributed by atoms with E-state index in [1.807, 2.05) is 37.3 Å². The molecule has 0 heterocycles. The molecule has 0 spiro atoms. The van der Waals surface area contributed by atoms with E-state index in [9.17, 15) is 8.42 Å². The molecule has 0 aromatic heterocycles. The first kappa shape index (κ1) is 15.2. The lowest BCUT2D eigenvalue weighted by Crippen LogP contribution is -2.09. The normalized spacial score (nSPS) is 12.1. The predicted octanol–water partition coefficient (Wildman–Crippen LogP) is 2.70. The summed E-state index contributed by atoms with van der Waals surface area (Å²) >= 11 is 0. The van der Waals surface area contributed by atoms with Crippen LogP contribution in [0.5, 0.6) is 0 Å². The molecule has 5 heteroatoms. The Morgan fingerprint density at radius 1 is 1.00 bits per heavy atom. The van der Waals surface area contributed by atoms with Crippen molar-refractivity contribution >= 4 is 24.0 Å². The summed E-state index contributed by atoms with van der Waals surface area (Å²) in [7, 11) is -3.07. The van der Waals surface area contributed by atoms with E-state index in [4.69, 9.17) is 4.18 Å². The summed E-state index contributed by atoms with van der Waals surface area (Å²) in [4.78, 5) is 0.214. The summed E-state index contributed by atoms with van der Waals surface area (Å²) in [6, 6.07) is 16.7. The van der Waals surface area contributed by atoms with Crippen molar-refractivity contribution in [3.8, 4) is 0 Å². The van der Waals surface area contributed by atoms with Gasteiger partial charge in [0.25, 0.3) is 10.1 Å². The summed E-state index contributed by atoms with van der Waals surface area (Å²) in [6.45, 7) is 2.13. The molecule has 106 valence electrons. The first-order chi connectivity index (χ1) is 9.58. The second-order valence-electron chi connectivity index (χ2n) is 4.38. The van der Waals surface area contributed by atoms with Crippen molar-refractivity contribution in [3.05, 3.63) is 60.2 Å². The fourth-order valence-electron chi connectivity index (χ4n) is 1.68. The average molecular weight is 308 g/mol. The second kappa shape index (κ2) is 6.98. The highest BCUT2D eigenvalue weighted by Crippen LogP contribution is 2.15. The summed E-state index contributed by atoms with van der Waals surface area (Å²) in [5.41, 5.74) is 1.02. The molecule has 0 aliphatic heterocycles. The van der Waals surface area contributed by atoms with Gasteiger partial charge in [0.1, 0.15) is 0 Å². The van der Waals surface area contributed by atoms with E-state index in [2.05, 4.69) is 0 Å². The van der Waals surface area contributed by atoms with Gasteiger partial charge in [0.15, 0.2) is 0 Å². The minimum absolute atomic E-state index is 0.212. The molecule has 3 nitrogen and oxygen atoms in total. The van der Waals surface area contributed by atoms with Crippen molar-refractivity contribution in [2.75, 3.05) is 12.8 Å². The summed E-state index contributed by atoms with van der Waals surface area (Å²) in [5.74, 6) is 0. The Kier molecular flexibility index (Phi) is 5.30. The predicted molar refractivity (Wildman–Crippen MR) is 83.6 cm³/mol. The standard InChI is InChI=1S/C15H17O3PS/c1-13-7-9-15(10-8-13)20(16,17)18-11-12-19-14-5-3-2-4-6-14/h2-10,19H,11-12H2,1H3. The van der Waals surface area contributed by atoms with Gasteiger partial charge in [-0.05, 0) is 30.5 Å². The third-order valence-electron chi connectivity index (χ3n) is 2.75. The molecule has 0 aliphatic rings. The Morgan fingerprint density at radius 2 is 1.65 bits per heavy atom. The smallest absolute Gasteiger partial charge is 0.266 e. The summed E-state index contributed by atoms with van der Waals surface area (Å²) < 4.78 is 28.9. The van der Waals surface area contributed by atoms with Crippen LogP contribution in [0.4, 0.5) is 0 Å². The van der Waals surface area contributed by atoms with Crippen molar-refractivity contribution in [3.63, 3.8) is 0 Å². The van der Waals surface area contributed by atoms with Gasteiger partial charge in [0, 0.05) is 0 Å². The van der Waals surface area contributed by atoms with E-state index >= 15 is 0 Å². The van der Waals surface area contributed by atoms with Crippen LogP contribution in [-0.4, -0.2) is 21.2 Å². The number of benzene rings is 2. The lowest BCUT2D eigenvalue weighted by molar-refractivity contribution is 0.341. The average Bonchev–Trinajstić information content (AvgIpc) is 2.45. The second-order valence-corrected chi connectivity index (χ2v) is 7.43. The van der Waals surface area contributed by atoms with E-state index in [1.165, 1.54) is 5.30 Å². The molecule has 0 saturated heterocycles. The molecule has 2 rings (SSSR count). The van der Waals surface area contributed by atoms with Gasteiger partial charge in [-0.3, -0.25) is 4.18 Å². The fraction of sp³-hybridized carbons (Fsp3) is 0.200. The van der Waals surface area contributed by atoms with E-state index in [1.54, 1.807) is 24.3 Å². The van der Waals surface area contributed by atoms with E-state index in [-0.39, 0.29) is 11.5 Å². The van der Waals surface area contributed by atoms with Crippen LogP contribution in [0.3, 0.4) is 0 Å². The van der Waals surface area contributed by atoms with Crippen LogP contribution >= 0.6 is 8.58 Å². The van der Waals surface area contributed by atoms with Crippen molar-refractivity contribution in [1.29, 1.82) is 0 Å². The molecule has 0 aliphatic carbocycles. The lowest BCUT2D eigenvalue weighted by atomic mass is 10.2. The first-order valence-electron chi connectivity index (χ1n) is 6.33. The molecule has 0 N–H and O–H groups in total. The van der Waals surface area contributed by atoms with Crippen LogP contribution in [0, 0.1) is 6.92 Å². The minimum Gasteiger partial charge on any atom is -0.266 e. The maximum absolute atomic E-state index is 11.9. The maximum Gasteiger partial charge on any atom is 0.296 e. The van der Waals surface area contributed by atoms with Gasteiger partial charge in [-0.1, -0.05) is 56.6 Å². The molecule has 20 heavy (non-hydrogen) atoms. The van der Waals surface area contributed by atoms with Crippen molar-refractivity contribution in [2.45, 2.75) is 11.8 Å². The summed E-state index contributed by atoms with van der Waals surface area (Å²) in [6.07, 6.45) is 0.703. The molecule has 0 radical (unpaired) electrons. The Bertz CT molecular complexity index is 637. The highest BCUT2D eigenvalue weighted by atomic mass is 32.2. The SMILES string of the molecule is Cc1ccc(S(=O)(=O)OCCPc2ccccc2)cc1. The summed E-state index contributed by atoms with van der Waals surface area (Å²) in [5, 5.41) is 1.21. The largest absolute Gasteiger partial charge is 0.296 e. The maximum atomic E-state index is 11.9. The van der Waals surface area contributed by atoms with Gasteiger partial charge in [-0.2, -0.15) is 8.42 Å². The van der Waals surface area contributed by atoms with Crippen molar-refractivity contribution in [1.82, 2.24) is 0 Å². The van der Waals surface area contributed by atoms with Crippen LogP contribution in [-0.2, 0) is 14.3 Å². The van der Waals surface area contributed by atoms with Gasteiger partial charge in [-0.15, -0.1) is 0 Å². The van der Waals surface area contributed by atoms with Gasteiger partial charge in [0.05, 0.1) is 11.5 Å². The number of hydrogen-bond acceptors (Lipinski definition) is 3. The van der Waals surface area contributed by atoms with Crippen molar-refractivity contribution in [2.24, 2.45) is 0 Å². The number of hydrogen-bond donors (Lipinski definition) is 0. The Hall–Kier alpha value is -1.22. The molecular formula is C15H17O3PS. The zero-order chi connectivity index (χ0) is 14.4. The van der Waals surface area contributed by atoms with Gasteiger partial charge < -0.3 is 0 Å². The van der Waals surface area contributed by atoms with E-state index in [0.717, 1.165) is 5.56 Å². The third kappa shape index (κ3) is 4.41. The number of aryl methyl sites for hydroxylation is 1. The highest BCUT2D eigenvalue weighted by molar-refractivity contribution is 7.86. The molecule has 0 bridgehead atoms. The van der Waals surface area contributed by atoms with Crippen LogP contribution in [0.15, 0.2) is 59.5 Å². The monoisotopic (exact) mass is 308 g/mol. The van der Waals surface area contributed by atoms with E-state index < -0.39 is 10.1 Å². The lowest BCUT2D eigenvalue weighted by Gasteiger charge is -2.06. The Labute approximate surface area is 121 Å². The molecule has 2 aromatic rings. The minimum atomic E-state index is -3.63. The van der Waals surface area contributed by atoms with Crippen LogP contribution < -0.4 is 5.30 Å². The Balaban J connectivity index is 1.85. The van der Waals surface area contributed by atoms with Gasteiger partial charge in [0.2, 0.25) is 0 Å². The van der Waals surface area contributed by atoms with Crippen LogP contribution in [0.25, 0.3) is 0 Å². The van der Waals surface area contributed by atoms with Crippen LogP contribution in [0.1, 0.15) is 5.56 Å². The molecule has 1 atom stereocenters. The Morgan fingerprint density at radius 3 is 2.30 bits per heavy atom. The first-order valence-corrected chi connectivity index (χ1v) is 8.94. The fourth-order valence-corrected chi connectivity index (χ4v) is 3.65. The molecule has 0 fully saturated rings.